The monoisotopic (exact) mass is 536 g/mol. The summed E-state index contributed by atoms with van der Waals surface area (Å²) < 4.78 is 14.0. The van der Waals surface area contributed by atoms with Crippen molar-refractivity contribution in [1.29, 1.82) is 0 Å². The van der Waals surface area contributed by atoms with Gasteiger partial charge in [0, 0.05) is 47.5 Å². The molecule has 10 heteroatoms. The maximum Gasteiger partial charge on any atom is 0.274 e. The van der Waals surface area contributed by atoms with E-state index >= 15 is 0 Å². The van der Waals surface area contributed by atoms with E-state index in [1.54, 1.807) is 29.2 Å². The van der Waals surface area contributed by atoms with Crippen LogP contribution >= 0.6 is 34.3 Å². The molecule has 0 radical (unpaired) electrons. The summed E-state index contributed by atoms with van der Waals surface area (Å²) in [6.45, 7) is 2.51. The molecule has 0 spiro atoms. The number of rotatable bonds is 7. The predicted octanol–water partition coefficient (Wildman–Crippen LogP) is 5.50. The van der Waals surface area contributed by atoms with Crippen LogP contribution in [0.3, 0.4) is 0 Å². The molecule has 2 aromatic carbocycles. The third-order valence-corrected chi connectivity index (χ3v) is 8.15. The lowest BCUT2D eigenvalue weighted by Gasteiger charge is -2.38. The van der Waals surface area contributed by atoms with Crippen molar-refractivity contribution in [2.24, 2.45) is 0 Å². The first-order valence-electron chi connectivity index (χ1n) is 11.3. The van der Waals surface area contributed by atoms with Gasteiger partial charge in [-0.2, -0.15) is 0 Å². The van der Waals surface area contributed by atoms with Gasteiger partial charge < -0.3 is 9.47 Å². The topological polar surface area (TPSA) is 69.5 Å². The Balaban J connectivity index is 1.22. The molecule has 0 amide bonds. The fourth-order valence-electron chi connectivity index (χ4n) is 4.17. The number of halogens is 1. The number of hydrogen-bond donors (Lipinski definition) is 0. The zero-order chi connectivity index (χ0) is 24.6. The molecule has 1 saturated heterocycles. The second-order valence-electron chi connectivity index (χ2n) is 8.43. The standard InChI is InChI=1S/C26H21ClN4O3S2/c1-33-22-12-18(6-7-21(22)34-19-13-30(14-19)15-23-28-9-11-35-23)31-10-8-20-24(26(31)32)36-25(29-20)16-2-4-17(27)5-3-16/h2-12,19H,13-15H2,1H3. The van der Waals surface area contributed by atoms with Gasteiger partial charge in [0.05, 0.1) is 24.9 Å². The summed E-state index contributed by atoms with van der Waals surface area (Å²) >= 11 is 9.04. The summed E-state index contributed by atoms with van der Waals surface area (Å²) in [6.07, 6.45) is 3.66. The molecule has 182 valence electrons. The highest BCUT2D eigenvalue weighted by atomic mass is 35.5. The van der Waals surface area contributed by atoms with Crippen molar-refractivity contribution >= 4 is 44.5 Å². The van der Waals surface area contributed by atoms with E-state index < -0.39 is 0 Å². The molecule has 5 aromatic rings. The average molecular weight is 537 g/mol. The van der Waals surface area contributed by atoms with Crippen LogP contribution in [0.25, 0.3) is 26.5 Å². The largest absolute Gasteiger partial charge is 0.493 e. The fraction of sp³-hybridized carbons (Fsp3) is 0.192. The number of pyridine rings is 1. The number of likely N-dealkylation sites (tertiary alicyclic amines) is 1. The molecule has 1 aliphatic heterocycles. The van der Waals surface area contributed by atoms with Crippen molar-refractivity contribution < 1.29 is 9.47 Å². The van der Waals surface area contributed by atoms with Crippen LogP contribution in [0.4, 0.5) is 0 Å². The lowest BCUT2D eigenvalue weighted by Crippen LogP contribution is -2.53. The van der Waals surface area contributed by atoms with E-state index in [2.05, 4.69) is 14.9 Å². The summed E-state index contributed by atoms with van der Waals surface area (Å²) in [4.78, 5) is 24.6. The van der Waals surface area contributed by atoms with Gasteiger partial charge in [0.2, 0.25) is 0 Å². The molecule has 0 bridgehead atoms. The number of aromatic nitrogens is 3. The molecule has 0 aliphatic carbocycles. The van der Waals surface area contributed by atoms with Crippen LogP contribution in [0.5, 0.6) is 11.5 Å². The van der Waals surface area contributed by atoms with E-state index in [0.29, 0.717) is 32.4 Å². The second-order valence-corrected chi connectivity index (χ2v) is 10.8. The van der Waals surface area contributed by atoms with Crippen molar-refractivity contribution in [3.8, 4) is 27.8 Å². The van der Waals surface area contributed by atoms with Gasteiger partial charge in [-0.15, -0.1) is 22.7 Å². The minimum Gasteiger partial charge on any atom is -0.493 e. The average Bonchev–Trinajstić information content (AvgIpc) is 3.54. The van der Waals surface area contributed by atoms with Crippen LogP contribution < -0.4 is 15.0 Å². The first-order valence-corrected chi connectivity index (χ1v) is 13.4. The molecule has 0 atom stereocenters. The number of thiazole rings is 2. The molecule has 0 N–H and O–H groups in total. The molecule has 0 saturated carbocycles. The third kappa shape index (κ3) is 4.51. The Morgan fingerprint density at radius 3 is 2.69 bits per heavy atom. The van der Waals surface area contributed by atoms with Crippen molar-refractivity contribution in [1.82, 2.24) is 19.4 Å². The van der Waals surface area contributed by atoms with Crippen LogP contribution in [0.1, 0.15) is 5.01 Å². The van der Waals surface area contributed by atoms with E-state index in [9.17, 15) is 4.79 Å². The Bertz CT molecular complexity index is 1580. The molecule has 6 rings (SSSR count). The lowest BCUT2D eigenvalue weighted by atomic mass is 10.1. The predicted molar refractivity (Wildman–Crippen MR) is 144 cm³/mol. The first-order chi connectivity index (χ1) is 17.6. The van der Waals surface area contributed by atoms with Crippen LogP contribution in [-0.4, -0.2) is 45.7 Å². The van der Waals surface area contributed by atoms with E-state index in [1.165, 1.54) is 11.3 Å². The van der Waals surface area contributed by atoms with Gasteiger partial charge in [-0.25, -0.2) is 9.97 Å². The summed E-state index contributed by atoms with van der Waals surface area (Å²) in [5, 5.41) is 4.54. The van der Waals surface area contributed by atoms with Gasteiger partial charge in [-0.1, -0.05) is 23.7 Å². The zero-order valence-electron chi connectivity index (χ0n) is 19.3. The first kappa shape index (κ1) is 23.2. The van der Waals surface area contributed by atoms with Gasteiger partial charge in [-0.3, -0.25) is 14.3 Å². The maximum absolute atomic E-state index is 13.3. The maximum atomic E-state index is 13.3. The van der Waals surface area contributed by atoms with Crippen LogP contribution in [0.2, 0.25) is 5.02 Å². The van der Waals surface area contributed by atoms with E-state index in [0.717, 1.165) is 35.2 Å². The zero-order valence-corrected chi connectivity index (χ0v) is 21.6. The Kier molecular flexibility index (Phi) is 6.22. The van der Waals surface area contributed by atoms with Crippen molar-refractivity contribution in [2.45, 2.75) is 12.6 Å². The molecule has 4 heterocycles. The smallest absolute Gasteiger partial charge is 0.274 e. The highest BCUT2D eigenvalue weighted by molar-refractivity contribution is 7.21. The number of fused-ring (bicyclic) bond motifs is 1. The van der Waals surface area contributed by atoms with Gasteiger partial charge in [0.15, 0.2) is 11.5 Å². The van der Waals surface area contributed by atoms with Crippen LogP contribution in [0, 0.1) is 0 Å². The molecule has 1 fully saturated rings. The second kappa shape index (κ2) is 9.67. The molecule has 0 unspecified atom stereocenters. The summed E-state index contributed by atoms with van der Waals surface area (Å²) in [6, 6.07) is 14.9. The number of hydrogen-bond acceptors (Lipinski definition) is 8. The minimum atomic E-state index is -0.127. The Hall–Kier alpha value is -3.24. The van der Waals surface area contributed by atoms with Crippen LogP contribution in [-0.2, 0) is 6.54 Å². The SMILES string of the molecule is COc1cc(-n2ccc3nc(-c4ccc(Cl)cc4)sc3c2=O)ccc1OC1CN(Cc2nccs2)C1. The van der Waals surface area contributed by atoms with Gasteiger partial charge in [0.25, 0.3) is 5.56 Å². The van der Waals surface area contributed by atoms with E-state index in [4.69, 9.17) is 21.1 Å². The van der Waals surface area contributed by atoms with Gasteiger partial charge >= 0.3 is 0 Å². The normalized spacial score (nSPS) is 14.2. The fourth-order valence-corrected chi connectivity index (χ4v) is 5.95. The summed E-state index contributed by atoms with van der Waals surface area (Å²) in [5.74, 6) is 1.25. The molecular weight excluding hydrogens is 516 g/mol. The summed E-state index contributed by atoms with van der Waals surface area (Å²) in [7, 11) is 1.61. The van der Waals surface area contributed by atoms with Gasteiger partial charge in [-0.05, 0) is 30.3 Å². The molecule has 7 nitrogen and oxygen atoms in total. The molecule has 3 aromatic heterocycles. The van der Waals surface area contributed by atoms with Gasteiger partial charge in [0.1, 0.15) is 20.8 Å². The minimum absolute atomic E-state index is 0.0901. The third-order valence-electron chi connectivity index (χ3n) is 6.02. The van der Waals surface area contributed by atoms with Crippen molar-refractivity contribution in [3.05, 3.63) is 86.7 Å². The Morgan fingerprint density at radius 2 is 1.94 bits per heavy atom. The molecule has 1 aliphatic rings. The summed E-state index contributed by atoms with van der Waals surface area (Å²) in [5.41, 5.74) is 2.17. The molecule has 36 heavy (non-hydrogen) atoms. The van der Waals surface area contributed by atoms with E-state index in [-0.39, 0.29) is 11.7 Å². The van der Waals surface area contributed by atoms with Crippen LogP contribution in [0.15, 0.2) is 71.1 Å². The number of ether oxygens (including phenoxy) is 2. The molecular formula is C26H21ClN4O3S2. The number of nitrogens with zero attached hydrogens (tertiary/aromatic N) is 4. The van der Waals surface area contributed by atoms with E-state index in [1.807, 2.05) is 60.1 Å². The highest BCUT2D eigenvalue weighted by Gasteiger charge is 2.29. The highest BCUT2D eigenvalue weighted by Crippen LogP contribution is 2.33. The van der Waals surface area contributed by atoms with Crippen molar-refractivity contribution in [2.75, 3.05) is 20.2 Å². The Morgan fingerprint density at radius 1 is 1.11 bits per heavy atom. The number of methoxy groups -OCH3 is 1. The quantitative estimate of drug-likeness (QED) is 0.274. The number of benzene rings is 2. The van der Waals surface area contributed by atoms with Crippen molar-refractivity contribution in [3.63, 3.8) is 0 Å². The lowest BCUT2D eigenvalue weighted by molar-refractivity contribution is 0.0131. The Labute approximate surface area is 220 Å².